The first-order valence-electron chi connectivity index (χ1n) is 4.00. The average molecular weight is 232 g/mol. The third-order valence-corrected chi connectivity index (χ3v) is 3.17. The molecule has 0 aromatic carbocycles. The van der Waals surface area contributed by atoms with Crippen molar-refractivity contribution < 1.29 is 26.3 Å². The summed E-state index contributed by atoms with van der Waals surface area (Å²) in [5, 5.41) is 3.24. The Hall–Kier alpha value is -0.950. The molecule has 2 rings (SSSR count). The van der Waals surface area contributed by atoms with Crippen molar-refractivity contribution in [3.63, 3.8) is 0 Å². The maximum Gasteiger partial charge on any atom is 0.425 e. The highest BCUT2D eigenvalue weighted by Crippen LogP contribution is 2.71. The number of nitrogens with zero attached hydrogens (tertiary/aromatic N) is 2. The van der Waals surface area contributed by atoms with Crippen molar-refractivity contribution in [3.05, 3.63) is 0 Å². The molecule has 0 aromatic rings. The number of alkyl halides is 6. The topological polar surface area (TPSA) is 15.4 Å². The van der Waals surface area contributed by atoms with E-state index in [1.54, 1.807) is 0 Å². The van der Waals surface area contributed by atoms with Crippen molar-refractivity contribution in [1.82, 2.24) is 5.01 Å². The van der Waals surface area contributed by atoms with E-state index in [9.17, 15) is 26.3 Å². The lowest BCUT2D eigenvalue weighted by Gasteiger charge is -2.21. The molecule has 8 heteroatoms. The summed E-state index contributed by atoms with van der Waals surface area (Å²) in [7, 11) is 0. The van der Waals surface area contributed by atoms with E-state index in [1.165, 1.54) is 0 Å². The maximum absolute atomic E-state index is 12.5. The van der Waals surface area contributed by atoms with Crippen LogP contribution >= 0.6 is 0 Å². The van der Waals surface area contributed by atoms with Gasteiger partial charge < -0.3 is 0 Å². The quantitative estimate of drug-likeness (QED) is 0.462. The standard InChI is InChI=1S/C7H6F6N2/c1-3-4(2)5(6(8,9)10,7(11,12)13)15(4)14-3/h1-2H3. The highest BCUT2D eigenvalue weighted by Gasteiger charge is 2.99. The second-order valence-electron chi connectivity index (χ2n) is 3.78. The summed E-state index contributed by atoms with van der Waals surface area (Å²) >= 11 is 0. The van der Waals surface area contributed by atoms with Gasteiger partial charge in [-0.3, -0.25) is 5.01 Å². The van der Waals surface area contributed by atoms with Gasteiger partial charge in [0.15, 0.2) is 0 Å². The van der Waals surface area contributed by atoms with Crippen LogP contribution in [0.25, 0.3) is 0 Å². The molecule has 1 saturated heterocycles. The fourth-order valence-corrected chi connectivity index (χ4v) is 2.20. The molecule has 2 nitrogen and oxygen atoms in total. The van der Waals surface area contributed by atoms with Crippen LogP contribution in [0, 0.1) is 0 Å². The van der Waals surface area contributed by atoms with Gasteiger partial charge in [-0.2, -0.15) is 31.4 Å². The Morgan fingerprint density at radius 1 is 1.07 bits per heavy atom. The molecule has 15 heavy (non-hydrogen) atoms. The normalized spacial score (nSPS) is 33.1. The zero-order valence-corrected chi connectivity index (χ0v) is 7.66. The highest BCUT2D eigenvalue weighted by atomic mass is 19.4. The maximum atomic E-state index is 12.5. The van der Waals surface area contributed by atoms with Crippen LogP contribution < -0.4 is 0 Å². The highest BCUT2D eigenvalue weighted by molar-refractivity contribution is 6.01. The van der Waals surface area contributed by atoms with Gasteiger partial charge in [-0.25, -0.2) is 0 Å². The fraction of sp³-hybridized carbons (Fsp3) is 0.857. The van der Waals surface area contributed by atoms with Crippen molar-refractivity contribution in [1.29, 1.82) is 0 Å². The predicted molar refractivity (Wildman–Crippen MR) is 38.2 cm³/mol. The van der Waals surface area contributed by atoms with E-state index in [2.05, 4.69) is 5.10 Å². The van der Waals surface area contributed by atoms with Gasteiger partial charge in [-0.1, -0.05) is 0 Å². The van der Waals surface area contributed by atoms with Gasteiger partial charge in [0, 0.05) is 0 Å². The summed E-state index contributed by atoms with van der Waals surface area (Å²) in [5.41, 5.74) is -5.99. The lowest BCUT2D eigenvalue weighted by atomic mass is 9.89. The molecule has 0 spiro atoms. The Morgan fingerprint density at radius 2 is 1.47 bits per heavy atom. The lowest BCUT2D eigenvalue weighted by molar-refractivity contribution is -0.278. The fourth-order valence-electron chi connectivity index (χ4n) is 2.20. The predicted octanol–water partition coefficient (Wildman–Crippen LogP) is 2.31. The van der Waals surface area contributed by atoms with E-state index < -0.39 is 23.4 Å². The van der Waals surface area contributed by atoms with E-state index in [0.29, 0.717) is 0 Å². The number of rotatable bonds is 0. The van der Waals surface area contributed by atoms with E-state index in [0.717, 1.165) is 13.8 Å². The van der Waals surface area contributed by atoms with E-state index in [-0.39, 0.29) is 10.7 Å². The van der Waals surface area contributed by atoms with Gasteiger partial charge in [-0.15, -0.1) is 0 Å². The Kier molecular flexibility index (Phi) is 1.48. The summed E-state index contributed by atoms with van der Waals surface area (Å²) in [6.07, 6.45) is -10.7. The van der Waals surface area contributed by atoms with E-state index in [1.807, 2.05) is 0 Å². The van der Waals surface area contributed by atoms with Crippen LogP contribution in [-0.4, -0.2) is 34.2 Å². The minimum absolute atomic E-state index is 0.0787. The Bertz CT molecular complexity index is 339. The van der Waals surface area contributed by atoms with Crippen LogP contribution in [0.5, 0.6) is 0 Å². The molecule has 1 atom stereocenters. The van der Waals surface area contributed by atoms with Crippen molar-refractivity contribution in [2.45, 2.75) is 37.3 Å². The summed E-state index contributed by atoms with van der Waals surface area (Å²) in [4.78, 5) is 0. The zero-order chi connectivity index (χ0) is 11.9. The SMILES string of the molecule is CC1=NN2C1(C)C2(C(F)(F)F)C(F)(F)F. The summed E-state index contributed by atoms with van der Waals surface area (Å²) in [6.45, 7) is 2.06. The van der Waals surface area contributed by atoms with Crippen molar-refractivity contribution in [3.8, 4) is 0 Å². The zero-order valence-electron chi connectivity index (χ0n) is 7.66. The van der Waals surface area contributed by atoms with Crippen LogP contribution in [0.2, 0.25) is 0 Å². The summed E-state index contributed by atoms with van der Waals surface area (Å²) in [5.74, 6) is 0. The molecule has 0 bridgehead atoms. The molecule has 1 unspecified atom stereocenters. The Morgan fingerprint density at radius 3 is 1.53 bits per heavy atom. The Balaban J connectivity index is 2.51. The first-order valence-corrected chi connectivity index (χ1v) is 4.00. The molecular weight excluding hydrogens is 226 g/mol. The van der Waals surface area contributed by atoms with Crippen LogP contribution in [-0.2, 0) is 0 Å². The van der Waals surface area contributed by atoms with E-state index in [4.69, 9.17) is 0 Å². The smallest absolute Gasteiger partial charge is 0.256 e. The second-order valence-corrected chi connectivity index (χ2v) is 3.78. The van der Waals surface area contributed by atoms with E-state index >= 15 is 0 Å². The van der Waals surface area contributed by atoms with Gasteiger partial charge in [-0.05, 0) is 13.8 Å². The molecule has 0 N–H and O–H groups in total. The van der Waals surface area contributed by atoms with Crippen molar-refractivity contribution in [2.24, 2.45) is 5.10 Å². The third kappa shape index (κ3) is 0.751. The van der Waals surface area contributed by atoms with Crippen LogP contribution in [0.4, 0.5) is 26.3 Å². The average Bonchev–Trinajstić information content (AvgIpc) is 2.44. The van der Waals surface area contributed by atoms with Crippen molar-refractivity contribution >= 4 is 5.71 Å². The summed E-state index contributed by atoms with van der Waals surface area (Å²) in [6, 6.07) is 0. The number of hydrogen-bond acceptors (Lipinski definition) is 2. The van der Waals surface area contributed by atoms with Gasteiger partial charge in [0.05, 0.1) is 5.71 Å². The molecule has 0 aliphatic carbocycles. The monoisotopic (exact) mass is 232 g/mol. The number of hydrazone groups is 1. The van der Waals surface area contributed by atoms with Crippen molar-refractivity contribution in [2.75, 3.05) is 0 Å². The Labute approximate surface area is 80.5 Å². The largest absolute Gasteiger partial charge is 0.425 e. The number of halogens is 6. The second kappa shape index (κ2) is 2.10. The van der Waals surface area contributed by atoms with Crippen LogP contribution in [0.1, 0.15) is 13.8 Å². The van der Waals surface area contributed by atoms with Crippen LogP contribution in [0.15, 0.2) is 5.10 Å². The minimum Gasteiger partial charge on any atom is -0.256 e. The van der Waals surface area contributed by atoms with Gasteiger partial charge in [0.2, 0.25) is 0 Å². The number of hydrogen-bond donors (Lipinski definition) is 0. The third-order valence-electron chi connectivity index (χ3n) is 3.17. The van der Waals surface area contributed by atoms with Gasteiger partial charge >= 0.3 is 12.4 Å². The number of fused-ring (bicyclic) bond motifs is 1. The molecule has 2 aliphatic heterocycles. The van der Waals surface area contributed by atoms with Crippen LogP contribution in [0.3, 0.4) is 0 Å². The van der Waals surface area contributed by atoms with Gasteiger partial charge in [0.25, 0.3) is 5.54 Å². The first kappa shape index (κ1) is 10.6. The molecule has 2 heterocycles. The first-order chi connectivity index (χ1) is 6.51. The van der Waals surface area contributed by atoms with Gasteiger partial charge in [0.1, 0.15) is 5.54 Å². The minimum atomic E-state index is -5.37. The lowest BCUT2D eigenvalue weighted by Crippen LogP contribution is -2.52. The molecule has 0 radical (unpaired) electrons. The molecule has 2 aliphatic rings. The molecular formula is C7H6F6N2. The molecule has 1 fully saturated rings. The molecule has 0 saturated carbocycles. The molecule has 86 valence electrons. The molecule has 0 amide bonds. The molecule has 0 aromatic heterocycles. The summed E-state index contributed by atoms with van der Waals surface area (Å²) < 4.78 is 75.1.